The third kappa shape index (κ3) is 5.89. The van der Waals surface area contributed by atoms with Gasteiger partial charge in [-0.15, -0.1) is 0 Å². The molecule has 1 N–H and O–H groups in total. The van der Waals surface area contributed by atoms with Crippen molar-refractivity contribution in [2.24, 2.45) is 5.92 Å². The quantitative estimate of drug-likeness (QED) is 0.652. The van der Waals surface area contributed by atoms with Crippen LogP contribution in [0.5, 0.6) is 0 Å². The molecule has 1 aromatic heterocycles. The minimum atomic E-state index is -3.39. The maximum Gasteiger partial charge on any atom is 0.226 e. The number of aromatic nitrogens is 2. The molecule has 4 rings (SSSR count). The number of nitrogens with one attached hydrogen (secondary N) is 1. The van der Waals surface area contributed by atoms with Crippen molar-refractivity contribution in [1.29, 1.82) is 0 Å². The van der Waals surface area contributed by atoms with E-state index >= 15 is 0 Å². The molecular formula is C20H30FN5O4S. The number of piperidine rings is 2. The highest BCUT2D eigenvalue weighted by atomic mass is 32.2. The molecule has 0 aromatic carbocycles. The highest BCUT2D eigenvalue weighted by molar-refractivity contribution is 7.88. The number of ether oxygens (including phenoxy) is 1. The van der Waals surface area contributed by atoms with Crippen LogP contribution in [0, 0.1) is 11.7 Å². The molecule has 1 amide bonds. The summed E-state index contributed by atoms with van der Waals surface area (Å²) in [6.45, 7) is 2.34. The van der Waals surface area contributed by atoms with Crippen LogP contribution in [0.1, 0.15) is 38.5 Å². The van der Waals surface area contributed by atoms with Gasteiger partial charge in [-0.25, -0.2) is 27.5 Å². The number of halogens is 1. The summed E-state index contributed by atoms with van der Waals surface area (Å²) >= 11 is 0. The van der Waals surface area contributed by atoms with E-state index in [-0.39, 0.29) is 30.0 Å². The highest BCUT2D eigenvalue weighted by Gasteiger charge is 2.41. The van der Waals surface area contributed by atoms with Gasteiger partial charge in [0.25, 0.3) is 0 Å². The number of likely N-dealkylation sites (tertiary alicyclic amines) is 1. The second-order valence-corrected chi connectivity index (χ2v) is 10.5. The third-order valence-corrected chi connectivity index (χ3v) is 6.92. The Bertz CT molecular complexity index is 872. The van der Waals surface area contributed by atoms with Gasteiger partial charge in [0, 0.05) is 31.6 Å². The average Bonchev–Trinajstić information content (AvgIpc) is 3.57. The summed E-state index contributed by atoms with van der Waals surface area (Å²) in [5.74, 6) is 0.248. The standard InChI is InChI=1S/C20H30FN5O4S/c1-31(28,29)24-17-3-2-8-26(19(27)14-4-5-14)18(17)13-30-16-6-9-25(10-7-16)20-22-11-15(21)12-23-20/h11-12,14,16-18,24H,2-10,13H2,1H3. The zero-order chi connectivity index (χ0) is 22.0. The van der Waals surface area contributed by atoms with Gasteiger partial charge in [0.1, 0.15) is 0 Å². The number of hydrogen-bond acceptors (Lipinski definition) is 7. The van der Waals surface area contributed by atoms with Gasteiger partial charge in [0.05, 0.1) is 37.4 Å². The molecule has 172 valence electrons. The first kappa shape index (κ1) is 22.3. The van der Waals surface area contributed by atoms with Crippen molar-refractivity contribution < 1.29 is 22.3 Å². The number of carbonyl (C=O) groups excluding carboxylic acids is 1. The van der Waals surface area contributed by atoms with Crippen molar-refractivity contribution in [3.05, 3.63) is 18.2 Å². The number of rotatable bonds is 7. The lowest BCUT2D eigenvalue weighted by molar-refractivity contribution is -0.139. The third-order valence-electron chi connectivity index (χ3n) is 6.19. The molecule has 11 heteroatoms. The van der Waals surface area contributed by atoms with E-state index in [2.05, 4.69) is 14.7 Å². The van der Waals surface area contributed by atoms with Gasteiger partial charge in [-0.05, 0) is 38.5 Å². The zero-order valence-electron chi connectivity index (χ0n) is 17.7. The largest absolute Gasteiger partial charge is 0.376 e. The lowest BCUT2D eigenvalue weighted by Gasteiger charge is -2.42. The lowest BCUT2D eigenvalue weighted by atomic mass is 9.96. The van der Waals surface area contributed by atoms with Crippen molar-refractivity contribution in [3.8, 4) is 0 Å². The van der Waals surface area contributed by atoms with Crippen LogP contribution < -0.4 is 9.62 Å². The molecule has 0 bridgehead atoms. The molecule has 0 spiro atoms. The number of nitrogens with zero attached hydrogens (tertiary/aromatic N) is 4. The van der Waals surface area contributed by atoms with Gasteiger partial charge in [-0.1, -0.05) is 0 Å². The van der Waals surface area contributed by atoms with Gasteiger partial charge in [-0.2, -0.15) is 0 Å². The molecule has 2 unspecified atom stereocenters. The SMILES string of the molecule is CS(=O)(=O)NC1CCCN(C(=O)C2CC2)C1COC1CCN(c2ncc(F)cn2)CC1. The molecule has 1 aliphatic carbocycles. The van der Waals surface area contributed by atoms with Crippen molar-refractivity contribution in [1.82, 2.24) is 19.6 Å². The molecule has 2 saturated heterocycles. The number of hydrogen-bond donors (Lipinski definition) is 1. The Morgan fingerprint density at radius 2 is 1.84 bits per heavy atom. The van der Waals surface area contributed by atoms with Crippen molar-refractivity contribution in [2.45, 2.75) is 56.7 Å². The Morgan fingerprint density at radius 3 is 2.45 bits per heavy atom. The summed E-state index contributed by atoms with van der Waals surface area (Å²) in [5.41, 5.74) is 0. The molecule has 31 heavy (non-hydrogen) atoms. The van der Waals surface area contributed by atoms with Crippen LogP contribution in [0.2, 0.25) is 0 Å². The second kappa shape index (κ2) is 9.33. The fourth-order valence-corrected chi connectivity index (χ4v) is 5.26. The first-order valence-corrected chi connectivity index (χ1v) is 12.8. The van der Waals surface area contributed by atoms with Crippen LogP contribution in [0.25, 0.3) is 0 Å². The Morgan fingerprint density at radius 1 is 1.16 bits per heavy atom. The minimum absolute atomic E-state index is 0.00962. The van der Waals surface area contributed by atoms with Gasteiger partial charge in [0.2, 0.25) is 21.9 Å². The second-order valence-electron chi connectivity index (χ2n) is 8.73. The highest BCUT2D eigenvalue weighted by Crippen LogP contribution is 2.33. The van der Waals surface area contributed by atoms with E-state index in [1.54, 1.807) is 0 Å². The van der Waals surface area contributed by atoms with Gasteiger partial charge < -0.3 is 14.5 Å². The molecule has 1 aromatic rings. The van der Waals surface area contributed by atoms with Crippen molar-refractivity contribution >= 4 is 21.9 Å². The Kier molecular flexibility index (Phi) is 6.73. The van der Waals surface area contributed by atoms with E-state index in [0.717, 1.165) is 50.8 Å². The molecule has 2 atom stereocenters. The topological polar surface area (TPSA) is 105 Å². The van der Waals surface area contributed by atoms with E-state index in [1.807, 2.05) is 9.80 Å². The molecule has 3 aliphatic rings. The van der Waals surface area contributed by atoms with E-state index in [9.17, 15) is 17.6 Å². The Balaban J connectivity index is 1.35. The summed E-state index contributed by atoms with van der Waals surface area (Å²) in [4.78, 5) is 24.7. The van der Waals surface area contributed by atoms with Crippen LogP contribution in [-0.2, 0) is 19.6 Å². The maximum atomic E-state index is 13.0. The minimum Gasteiger partial charge on any atom is -0.376 e. The fraction of sp³-hybridized carbons (Fsp3) is 0.750. The number of anilines is 1. The Labute approximate surface area is 182 Å². The van der Waals surface area contributed by atoms with Crippen LogP contribution in [0.3, 0.4) is 0 Å². The molecular weight excluding hydrogens is 425 g/mol. The normalized spacial score (nSPS) is 25.6. The van der Waals surface area contributed by atoms with Gasteiger partial charge in [0.15, 0.2) is 5.82 Å². The van der Waals surface area contributed by atoms with Gasteiger partial charge >= 0.3 is 0 Å². The molecule has 2 aliphatic heterocycles. The summed E-state index contributed by atoms with van der Waals surface area (Å²) < 4.78 is 45.7. The first-order chi connectivity index (χ1) is 14.8. The smallest absolute Gasteiger partial charge is 0.226 e. The molecule has 0 radical (unpaired) electrons. The predicted octanol–water partition coefficient (Wildman–Crippen LogP) is 0.920. The maximum absolute atomic E-state index is 13.0. The summed E-state index contributed by atoms with van der Waals surface area (Å²) in [6.07, 6.45) is 8.29. The number of carbonyl (C=O) groups is 1. The van der Waals surface area contributed by atoms with Crippen LogP contribution in [-0.4, -0.2) is 79.9 Å². The Hall–Kier alpha value is -1.85. The van der Waals surface area contributed by atoms with Crippen LogP contribution in [0.4, 0.5) is 10.3 Å². The summed E-state index contributed by atoms with van der Waals surface area (Å²) in [5, 5.41) is 0. The summed E-state index contributed by atoms with van der Waals surface area (Å²) in [6, 6.07) is -0.630. The summed E-state index contributed by atoms with van der Waals surface area (Å²) in [7, 11) is -3.39. The van der Waals surface area contributed by atoms with E-state index in [1.165, 1.54) is 0 Å². The number of amides is 1. The fourth-order valence-electron chi connectivity index (χ4n) is 4.44. The van der Waals surface area contributed by atoms with E-state index in [0.29, 0.717) is 38.6 Å². The van der Waals surface area contributed by atoms with E-state index < -0.39 is 15.8 Å². The average molecular weight is 456 g/mol. The van der Waals surface area contributed by atoms with E-state index in [4.69, 9.17) is 4.74 Å². The predicted molar refractivity (Wildman–Crippen MR) is 112 cm³/mol. The lowest BCUT2D eigenvalue weighted by Crippen LogP contribution is -2.59. The van der Waals surface area contributed by atoms with Crippen molar-refractivity contribution in [3.63, 3.8) is 0 Å². The molecule has 9 nitrogen and oxygen atoms in total. The van der Waals surface area contributed by atoms with Crippen LogP contribution in [0.15, 0.2) is 12.4 Å². The van der Waals surface area contributed by atoms with Crippen LogP contribution >= 0.6 is 0 Å². The molecule has 1 saturated carbocycles. The zero-order valence-corrected chi connectivity index (χ0v) is 18.6. The van der Waals surface area contributed by atoms with Crippen molar-refractivity contribution in [2.75, 3.05) is 37.4 Å². The monoisotopic (exact) mass is 455 g/mol. The first-order valence-electron chi connectivity index (χ1n) is 10.9. The molecule has 3 fully saturated rings. The number of sulfonamides is 1. The molecule has 3 heterocycles. The van der Waals surface area contributed by atoms with Gasteiger partial charge in [-0.3, -0.25) is 4.79 Å².